The largest absolute Gasteiger partial charge is 0.285 e. The molecule has 0 aliphatic heterocycles. The molecule has 0 aromatic heterocycles. The number of rotatable bonds is 3. The highest BCUT2D eigenvalue weighted by Gasteiger charge is 1.95. The minimum atomic E-state index is 0.717. The predicted octanol–water partition coefficient (Wildman–Crippen LogP) is 0.346. The molecule has 0 aliphatic rings. The molecule has 3 heteroatoms. The maximum absolute atomic E-state index is 5.06. The van der Waals surface area contributed by atoms with E-state index in [1.807, 2.05) is 33.1 Å². The van der Waals surface area contributed by atoms with Crippen LogP contribution in [0.1, 0.15) is 6.92 Å². The summed E-state index contributed by atoms with van der Waals surface area (Å²) >= 11 is 0. The first-order chi connectivity index (χ1) is 3.68. The van der Waals surface area contributed by atoms with Crippen LogP contribution in [0, 0.1) is 0 Å². The summed E-state index contributed by atoms with van der Waals surface area (Å²) in [5, 5.41) is 3.55. The van der Waals surface area contributed by atoms with Crippen molar-refractivity contribution in [2.75, 3.05) is 27.7 Å². The summed E-state index contributed by atoms with van der Waals surface area (Å²) in [7, 11) is 5.72. The van der Waals surface area contributed by atoms with E-state index >= 15 is 0 Å². The molecule has 0 spiro atoms. The van der Waals surface area contributed by atoms with E-state index in [4.69, 9.17) is 4.84 Å². The Kier molecular flexibility index (Phi) is 3.77. The molecule has 8 heavy (non-hydrogen) atoms. The van der Waals surface area contributed by atoms with Crippen molar-refractivity contribution in [1.82, 2.24) is 10.2 Å². The Morgan fingerprint density at radius 1 is 1.25 bits per heavy atom. The molecule has 0 unspecified atom stereocenters. The van der Waals surface area contributed by atoms with E-state index in [-0.39, 0.29) is 0 Å². The molecule has 0 saturated heterocycles. The van der Waals surface area contributed by atoms with Crippen LogP contribution in [0.3, 0.4) is 0 Å². The summed E-state index contributed by atoms with van der Waals surface area (Å²) in [6.45, 7) is 2.68. The standard InChI is InChI=1S/C5H14N2O/c1-5-8-7(4)6(2)3/h5H2,1-4H3. The van der Waals surface area contributed by atoms with Gasteiger partial charge < -0.3 is 0 Å². The monoisotopic (exact) mass is 118 g/mol. The zero-order valence-electron chi connectivity index (χ0n) is 6.01. The van der Waals surface area contributed by atoms with E-state index in [9.17, 15) is 0 Å². The van der Waals surface area contributed by atoms with E-state index in [1.165, 1.54) is 0 Å². The Hall–Kier alpha value is -0.120. The zero-order chi connectivity index (χ0) is 6.57. The summed E-state index contributed by atoms with van der Waals surface area (Å²) in [5.41, 5.74) is 0. The lowest BCUT2D eigenvalue weighted by Gasteiger charge is -2.21. The van der Waals surface area contributed by atoms with Gasteiger partial charge in [-0.25, -0.2) is 5.01 Å². The number of nitrogens with zero attached hydrogens (tertiary/aromatic N) is 2. The highest BCUT2D eigenvalue weighted by molar-refractivity contribution is 4.17. The topological polar surface area (TPSA) is 15.7 Å². The smallest absolute Gasteiger partial charge is 0.0673 e. The molecule has 0 heterocycles. The van der Waals surface area contributed by atoms with Gasteiger partial charge in [0.25, 0.3) is 0 Å². The van der Waals surface area contributed by atoms with Crippen molar-refractivity contribution in [1.29, 1.82) is 0 Å². The molecule has 0 amide bonds. The second kappa shape index (κ2) is 3.83. The van der Waals surface area contributed by atoms with Gasteiger partial charge in [-0.1, -0.05) is 0 Å². The van der Waals surface area contributed by atoms with Crippen LogP contribution in [0.4, 0.5) is 0 Å². The first kappa shape index (κ1) is 7.88. The fourth-order valence-electron chi connectivity index (χ4n) is 0.302. The lowest BCUT2D eigenvalue weighted by molar-refractivity contribution is -0.247. The Bertz CT molecular complexity index is 56.4. The van der Waals surface area contributed by atoms with Crippen molar-refractivity contribution in [3.05, 3.63) is 0 Å². The van der Waals surface area contributed by atoms with Crippen molar-refractivity contribution >= 4 is 0 Å². The molecular weight excluding hydrogens is 104 g/mol. The van der Waals surface area contributed by atoms with Gasteiger partial charge in [0, 0.05) is 21.1 Å². The molecule has 0 rings (SSSR count). The van der Waals surface area contributed by atoms with E-state index in [0.29, 0.717) is 6.61 Å². The molecule has 0 bridgehead atoms. The average molecular weight is 118 g/mol. The van der Waals surface area contributed by atoms with E-state index in [0.717, 1.165) is 0 Å². The van der Waals surface area contributed by atoms with Gasteiger partial charge in [-0.2, -0.15) is 0 Å². The summed E-state index contributed by atoms with van der Waals surface area (Å²) in [5.74, 6) is 0. The van der Waals surface area contributed by atoms with Crippen LogP contribution in [0.5, 0.6) is 0 Å². The van der Waals surface area contributed by atoms with Crippen molar-refractivity contribution < 1.29 is 4.84 Å². The van der Waals surface area contributed by atoms with Gasteiger partial charge in [0.1, 0.15) is 0 Å². The van der Waals surface area contributed by atoms with Crippen molar-refractivity contribution in [3.8, 4) is 0 Å². The molecular formula is C5H14N2O. The van der Waals surface area contributed by atoms with Crippen molar-refractivity contribution in [2.45, 2.75) is 6.92 Å². The summed E-state index contributed by atoms with van der Waals surface area (Å²) < 4.78 is 0. The number of hydrogen-bond donors (Lipinski definition) is 0. The third-order valence-electron chi connectivity index (χ3n) is 0.879. The minimum Gasteiger partial charge on any atom is -0.285 e. The van der Waals surface area contributed by atoms with Crippen LogP contribution < -0.4 is 0 Å². The van der Waals surface area contributed by atoms with Crippen LogP contribution in [-0.2, 0) is 4.84 Å². The van der Waals surface area contributed by atoms with Gasteiger partial charge in [0.15, 0.2) is 0 Å². The maximum Gasteiger partial charge on any atom is 0.0673 e. The summed E-state index contributed by atoms with van der Waals surface area (Å²) in [4.78, 5) is 5.06. The highest BCUT2D eigenvalue weighted by Crippen LogP contribution is 1.84. The molecule has 0 fully saturated rings. The van der Waals surface area contributed by atoms with Crippen molar-refractivity contribution in [3.63, 3.8) is 0 Å². The first-order valence-corrected chi connectivity index (χ1v) is 2.72. The van der Waals surface area contributed by atoms with Gasteiger partial charge in [0.2, 0.25) is 0 Å². The Labute approximate surface area is 50.8 Å². The Morgan fingerprint density at radius 3 is 1.88 bits per heavy atom. The van der Waals surface area contributed by atoms with E-state index < -0.39 is 0 Å². The Balaban J connectivity index is 3.17. The number of hydrogen-bond acceptors (Lipinski definition) is 3. The van der Waals surface area contributed by atoms with Crippen LogP contribution in [0.25, 0.3) is 0 Å². The molecule has 0 saturated carbocycles. The minimum absolute atomic E-state index is 0.717. The van der Waals surface area contributed by atoms with Gasteiger partial charge in [-0.3, -0.25) is 4.84 Å². The van der Waals surface area contributed by atoms with Gasteiger partial charge in [-0.15, -0.1) is 5.17 Å². The van der Waals surface area contributed by atoms with Crippen molar-refractivity contribution in [2.24, 2.45) is 0 Å². The predicted molar refractivity (Wildman–Crippen MR) is 33.1 cm³/mol. The quantitative estimate of drug-likeness (QED) is 0.497. The van der Waals surface area contributed by atoms with Crippen LogP contribution in [-0.4, -0.2) is 37.9 Å². The van der Waals surface area contributed by atoms with Gasteiger partial charge in [-0.05, 0) is 6.92 Å². The normalized spacial score (nSPS) is 11.2. The summed E-state index contributed by atoms with van der Waals surface area (Å²) in [6.07, 6.45) is 0. The average Bonchev–Trinajstić information content (AvgIpc) is 1.67. The number of hydrazine groups is 1. The lowest BCUT2D eigenvalue weighted by Crippen LogP contribution is -2.32. The fraction of sp³-hybridized carbons (Fsp3) is 1.00. The number of hydroxylamine groups is 1. The molecule has 0 radical (unpaired) electrons. The first-order valence-electron chi connectivity index (χ1n) is 2.72. The van der Waals surface area contributed by atoms with E-state index in [2.05, 4.69) is 0 Å². The lowest BCUT2D eigenvalue weighted by atomic mass is 10.9. The third-order valence-corrected chi connectivity index (χ3v) is 0.879. The molecule has 0 N–H and O–H groups in total. The molecule has 0 aromatic rings. The highest BCUT2D eigenvalue weighted by atomic mass is 16.7. The second-order valence-corrected chi connectivity index (χ2v) is 1.73. The molecule has 0 aliphatic carbocycles. The maximum atomic E-state index is 5.06. The Morgan fingerprint density at radius 2 is 1.75 bits per heavy atom. The van der Waals surface area contributed by atoms with E-state index in [1.54, 1.807) is 5.17 Å². The molecule has 50 valence electrons. The van der Waals surface area contributed by atoms with Gasteiger partial charge >= 0.3 is 0 Å². The SMILES string of the molecule is CCON(C)N(C)C. The molecule has 0 atom stereocenters. The third kappa shape index (κ3) is 2.96. The van der Waals surface area contributed by atoms with Gasteiger partial charge in [0.05, 0.1) is 6.61 Å². The fourth-order valence-corrected chi connectivity index (χ4v) is 0.302. The van der Waals surface area contributed by atoms with Crippen LogP contribution in [0.15, 0.2) is 0 Å². The molecule has 0 aromatic carbocycles. The summed E-state index contributed by atoms with van der Waals surface area (Å²) in [6, 6.07) is 0. The zero-order valence-corrected chi connectivity index (χ0v) is 6.01. The van der Waals surface area contributed by atoms with Crippen LogP contribution >= 0.6 is 0 Å². The second-order valence-electron chi connectivity index (χ2n) is 1.73. The van der Waals surface area contributed by atoms with Crippen LogP contribution in [0.2, 0.25) is 0 Å². The molecule has 3 nitrogen and oxygen atoms in total.